The van der Waals surface area contributed by atoms with Gasteiger partial charge in [0.05, 0.1) is 21.4 Å². The van der Waals surface area contributed by atoms with Gasteiger partial charge in [-0.05, 0) is 12.1 Å². The lowest BCUT2D eigenvalue weighted by atomic mass is 10.3. The minimum absolute atomic E-state index is 0.202. The molecule has 0 aliphatic carbocycles. The van der Waals surface area contributed by atoms with Crippen molar-refractivity contribution in [1.82, 2.24) is 9.97 Å². The first kappa shape index (κ1) is 10.0. The lowest BCUT2D eigenvalue weighted by Gasteiger charge is -2.01. The van der Waals surface area contributed by atoms with Crippen LogP contribution in [-0.2, 0) is 16.6 Å². The summed E-state index contributed by atoms with van der Waals surface area (Å²) in [6, 6.07) is 6.06. The van der Waals surface area contributed by atoms with E-state index in [2.05, 4.69) is 9.97 Å². The standard InChI is InChI=1S/C10H9FN2OS/c11-8-3-1-2-4-9(8)15(14)7-10-12-5-6-13-10/h1-6H,7H2,(H,12,13). The molecule has 0 fully saturated rings. The summed E-state index contributed by atoms with van der Waals surface area (Å²) in [6.45, 7) is 0. The molecule has 3 nitrogen and oxygen atoms in total. The summed E-state index contributed by atoms with van der Waals surface area (Å²) < 4.78 is 25.0. The van der Waals surface area contributed by atoms with Crippen molar-refractivity contribution in [1.29, 1.82) is 0 Å². The first-order valence-corrected chi connectivity index (χ1v) is 5.70. The van der Waals surface area contributed by atoms with Crippen molar-refractivity contribution in [2.75, 3.05) is 0 Å². The van der Waals surface area contributed by atoms with Crippen LogP contribution in [0, 0.1) is 5.82 Å². The van der Waals surface area contributed by atoms with Gasteiger partial charge in [0.2, 0.25) is 0 Å². The molecule has 0 aliphatic heterocycles. The van der Waals surface area contributed by atoms with Crippen LogP contribution < -0.4 is 0 Å². The molecule has 1 aromatic heterocycles. The molecule has 15 heavy (non-hydrogen) atoms. The van der Waals surface area contributed by atoms with E-state index in [-0.39, 0.29) is 10.6 Å². The Morgan fingerprint density at radius 3 is 2.87 bits per heavy atom. The molecule has 78 valence electrons. The van der Waals surface area contributed by atoms with Gasteiger partial charge in [-0.2, -0.15) is 0 Å². The van der Waals surface area contributed by atoms with Gasteiger partial charge in [-0.1, -0.05) is 12.1 Å². The Labute approximate surface area is 88.8 Å². The number of nitrogens with one attached hydrogen (secondary N) is 1. The van der Waals surface area contributed by atoms with Crippen LogP contribution in [0.4, 0.5) is 4.39 Å². The average Bonchev–Trinajstić information content (AvgIpc) is 2.71. The Balaban J connectivity index is 2.19. The van der Waals surface area contributed by atoms with Crippen LogP contribution in [0.15, 0.2) is 41.6 Å². The molecule has 0 saturated heterocycles. The number of aromatic nitrogens is 2. The third-order valence-electron chi connectivity index (χ3n) is 1.90. The predicted molar refractivity (Wildman–Crippen MR) is 55.1 cm³/mol. The smallest absolute Gasteiger partial charge is 0.139 e. The minimum atomic E-state index is -1.39. The molecular formula is C10H9FN2OS. The van der Waals surface area contributed by atoms with Crippen LogP contribution in [0.5, 0.6) is 0 Å². The molecule has 0 saturated carbocycles. The SMILES string of the molecule is O=S(Cc1ncc[nH]1)c1ccccc1F. The molecule has 0 aliphatic rings. The van der Waals surface area contributed by atoms with Crippen molar-refractivity contribution in [2.24, 2.45) is 0 Å². The first-order chi connectivity index (χ1) is 7.27. The molecule has 0 spiro atoms. The van der Waals surface area contributed by atoms with Gasteiger partial charge in [0.25, 0.3) is 0 Å². The maximum Gasteiger partial charge on any atom is 0.139 e. The van der Waals surface area contributed by atoms with E-state index < -0.39 is 16.6 Å². The van der Waals surface area contributed by atoms with E-state index >= 15 is 0 Å². The summed E-state index contributed by atoms with van der Waals surface area (Å²) in [7, 11) is -1.39. The first-order valence-electron chi connectivity index (χ1n) is 4.38. The van der Waals surface area contributed by atoms with E-state index in [1.54, 1.807) is 24.5 Å². The second-order valence-electron chi connectivity index (χ2n) is 2.96. The highest BCUT2D eigenvalue weighted by atomic mass is 32.2. The second kappa shape index (κ2) is 4.35. The van der Waals surface area contributed by atoms with Gasteiger partial charge < -0.3 is 4.98 Å². The van der Waals surface area contributed by atoms with Crippen LogP contribution in [0.3, 0.4) is 0 Å². The van der Waals surface area contributed by atoms with Crippen molar-refractivity contribution in [3.8, 4) is 0 Å². The second-order valence-corrected chi connectivity index (χ2v) is 4.38. The van der Waals surface area contributed by atoms with Crippen LogP contribution in [0.25, 0.3) is 0 Å². The lowest BCUT2D eigenvalue weighted by molar-refractivity contribution is 0.595. The molecule has 1 heterocycles. The van der Waals surface area contributed by atoms with E-state index in [4.69, 9.17) is 0 Å². The van der Waals surface area contributed by atoms with Gasteiger partial charge >= 0.3 is 0 Å². The van der Waals surface area contributed by atoms with Crippen molar-refractivity contribution >= 4 is 10.8 Å². The highest BCUT2D eigenvalue weighted by Gasteiger charge is 2.10. The summed E-state index contributed by atoms with van der Waals surface area (Å²) in [4.78, 5) is 6.99. The number of rotatable bonds is 3. The molecule has 1 atom stereocenters. The Kier molecular flexibility index (Phi) is 2.91. The van der Waals surface area contributed by atoms with Crippen molar-refractivity contribution in [3.05, 3.63) is 48.3 Å². The zero-order valence-corrected chi connectivity index (χ0v) is 8.63. The lowest BCUT2D eigenvalue weighted by Crippen LogP contribution is -2.00. The average molecular weight is 224 g/mol. The topological polar surface area (TPSA) is 45.8 Å². The summed E-state index contributed by atoms with van der Waals surface area (Å²) >= 11 is 0. The zero-order valence-electron chi connectivity index (χ0n) is 7.81. The fourth-order valence-corrected chi connectivity index (χ4v) is 2.29. The Morgan fingerprint density at radius 1 is 1.40 bits per heavy atom. The van der Waals surface area contributed by atoms with Gasteiger partial charge in [-0.3, -0.25) is 4.21 Å². The van der Waals surface area contributed by atoms with Crippen LogP contribution in [0.2, 0.25) is 0 Å². The van der Waals surface area contributed by atoms with Gasteiger partial charge in [0.15, 0.2) is 0 Å². The zero-order chi connectivity index (χ0) is 10.7. The highest BCUT2D eigenvalue weighted by molar-refractivity contribution is 7.84. The van der Waals surface area contributed by atoms with Gasteiger partial charge in [-0.25, -0.2) is 9.37 Å². The summed E-state index contributed by atoms with van der Waals surface area (Å²) in [5.41, 5.74) is 0. The number of benzene rings is 1. The molecule has 0 radical (unpaired) electrons. The Morgan fingerprint density at radius 2 is 2.20 bits per heavy atom. The number of halogens is 1. The van der Waals surface area contributed by atoms with E-state index in [1.165, 1.54) is 12.1 Å². The number of imidazole rings is 1. The van der Waals surface area contributed by atoms with E-state index in [0.717, 1.165) is 0 Å². The largest absolute Gasteiger partial charge is 0.348 e. The minimum Gasteiger partial charge on any atom is -0.348 e. The van der Waals surface area contributed by atoms with Crippen molar-refractivity contribution in [2.45, 2.75) is 10.6 Å². The van der Waals surface area contributed by atoms with Gasteiger partial charge in [0, 0.05) is 12.4 Å². The molecule has 2 aromatic rings. The quantitative estimate of drug-likeness (QED) is 0.864. The van der Waals surface area contributed by atoms with E-state index in [0.29, 0.717) is 5.82 Å². The maximum atomic E-state index is 13.2. The number of aromatic amines is 1. The monoisotopic (exact) mass is 224 g/mol. The Bertz CT molecular complexity index is 470. The molecular weight excluding hydrogens is 215 g/mol. The predicted octanol–water partition coefficient (Wildman–Crippen LogP) is 1.86. The molecule has 0 amide bonds. The third-order valence-corrected chi connectivity index (χ3v) is 3.26. The van der Waals surface area contributed by atoms with Crippen LogP contribution in [0.1, 0.15) is 5.82 Å². The fourth-order valence-electron chi connectivity index (χ4n) is 1.21. The van der Waals surface area contributed by atoms with Crippen LogP contribution in [-0.4, -0.2) is 14.2 Å². The number of H-pyrrole nitrogens is 1. The Hall–Kier alpha value is -1.49. The van der Waals surface area contributed by atoms with E-state index in [1.807, 2.05) is 0 Å². The fraction of sp³-hybridized carbons (Fsp3) is 0.100. The van der Waals surface area contributed by atoms with Crippen LogP contribution >= 0.6 is 0 Å². The normalized spacial score (nSPS) is 12.6. The summed E-state index contributed by atoms with van der Waals surface area (Å²) in [6.07, 6.45) is 3.22. The van der Waals surface area contributed by atoms with Crippen molar-refractivity contribution < 1.29 is 8.60 Å². The molecule has 1 N–H and O–H groups in total. The maximum absolute atomic E-state index is 13.2. The molecule has 5 heteroatoms. The molecule has 1 unspecified atom stereocenters. The summed E-state index contributed by atoms with van der Waals surface area (Å²) in [5, 5.41) is 0. The highest BCUT2D eigenvalue weighted by Crippen LogP contribution is 2.13. The van der Waals surface area contributed by atoms with Crippen molar-refractivity contribution in [3.63, 3.8) is 0 Å². The number of nitrogens with zero attached hydrogens (tertiary/aromatic N) is 1. The van der Waals surface area contributed by atoms with Gasteiger partial charge in [-0.15, -0.1) is 0 Å². The number of hydrogen-bond donors (Lipinski definition) is 1. The summed E-state index contributed by atoms with van der Waals surface area (Å²) in [5.74, 6) is 0.354. The molecule has 0 bridgehead atoms. The third kappa shape index (κ3) is 2.30. The molecule has 2 rings (SSSR count). The number of hydrogen-bond acceptors (Lipinski definition) is 2. The van der Waals surface area contributed by atoms with Gasteiger partial charge in [0.1, 0.15) is 11.6 Å². The molecule has 1 aromatic carbocycles. The van der Waals surface area contributed by atoms with E-state index in [9.17, 15) is 8.60 Å².